The largest absolute Gasteiger partial charge is 0.419 e. The van der Waals surface area contributed by atoms with Gasteiger partial charge in [-0.05, 0) is 41.8 Å². The molecule has 1 heterocycles. The van der Waals surface area contributed by atoms with Crippen molar-refractivity contribution in [1.82, 2.24) is 15.5 Å². The molecular formula is C23H20ClN3O. The van der Waals surface area contributed by atoms with Gasteiger partial charge < -0.3 is 9.73 Å². The van der Waals surface area contributed by atoms with Gasteiger partial charge in [0.15, 0.2) is 0 Å². The van der Waals surface area contributed by atoms with Gasteiger partial charge in [-0.2, -0.15) is 0 Å². The Morgan fingerprint density at radius 2 is 1.50 bits per heavy atom. The second kappa shape index (κ2) is 8.83. The van der Waals surface area contributed by atoms with Crippen LogP contribution in [0.4, 0.5) is 0 Å². The van der Waals surface area contributed by atoms with E-state index in [0.29, 0.717) is 11.8 Å². The normalized spacial score (nSPS) is 12.0. The molecule has 4 aromatic rings. The van der Waals surface area contributed by atoms with Gasteiger partial charge in [0.25, 0.3) is 0 Å². The van der Waals surface area contributed by atoms with E-state index in [-0.39, 0.29) is 6.04 Å². The zero-order chi connectivity index (χ0) is 19.2. The molecule has 0 aliphatic rings. The van der Waals surface area contributed by atoms with Crippen molar-refractivity contribution in [2.24, 2.45) is 0 Å². The van der Waals surface area contributed by atoms with Crippen molar-refractivity contribution in [2.45, 2.75) is 12.5 Å². The monoisotopic (exact) mass is 389 g/mol. The first kappa shape index (κ1) is 18.4. The van der Waals surface area contributed by atoms with Gasteiger partial charge in [-0.3, -0.25) is 0 Å². The zero-order valence-corrected chi connectivity index (χ0v) is 16.0. The number of nitrogens with zero attached hydrogens (tertiary/aromatic N) is 2. The SMILES string of the molecule is Clc1ccc(CCNC(c2ccccc2)c2nnc(-c3ccccc3)o2)cc1. The Hall–Kier alpha value is -2.95. The van der Waals surface area contributed by atoms with Gasteiger partial charge in [-0.1, -0.05) is 72.3 Å². The smallest absolute Gasteiger partial charge is 0.247 e. The summed E-state index contributed by atoms with van der Waals surface area (Å²) in [7, 11) is 0. The molecule has 5 heteroatoms. The van der Waals surface area contributed by atoms with Crippen LogP contribution in [0.5, 0.6) is 0 Å². The Kier molecular flexibility index (Phi) is 5.80. The molecule has 140 valence electrons. The number of hydrogen-bond acceptors (Lipinski definition) is 4. The molecule has 0 fully saturated rings. The summed E-state index contributed by atoms with van der Waals surface area (Å²) in [4.78, 5) is 0. The highest BCUT2D eigenvalue weighted by Gasteiger charge is 2.20. The van der Waals surface area contributed by atoms with E-state index in [0.717, 1.165) is 29.1 Å². The van der Waals surface area contributed by atoms with Crippen LogP contribution in [-0.2, 0) is 6.42 Å². The fraction of sp³-hybridized carbons (Fsp3) is 0.130. The van der Waals surface area contributed by atoms with Crippen molar-refractivity contribution in [3.05, 3.63) is 107 Å². The third-order valence-corrected chi connectivity index (χ3v) is 4.77. The molecule has 1 aromatic heterocycles. The van der Waals surface area contributed by atoms with E-state index >= 15 is 0 Å². The number of benzene rings is 3. The topological polar surface area (TPSA) is 51.0 Å². The molecular weight excluding hydrogens is 370 g/mol. The van der Waals surface area contributed by atoms with Crippen molar-refractivity contribution in [3.63, 3.8) is 0 Å². The van der Waals surface area contributed by atoms with E-state index in [9.17, 15) is 0 Å². The van der Waals surface area contributed by atoms with Crippen LogP contribution in [0.1, 0.15) is 23.1 Å². The summed E-state index contributed by atoms with van der Waals surface area (Å²) in [6.07, 6.45) is 0.875. The van der Waals surface area contributed by atoms with Crippen molar-refractivity contribution in [2.75, 3.05) is 6.54 Å². The average Bonchev–Trinajstić information content (AvgIpc) is 3.24. The third-order valence-electron chi connectivity index (χ3n) is 4.52. The first-order valence-corrected chi connectivity index (χ1v) is 9.59. The molecule has 28 heavy (non-hydrogen) atoms. The number of rotatable bonds is 7. The van der Waals surface area contributed by atoms with Crippen LogP contribution in [0.15, 0.2) is 89.3 Å². The second-order valence-corrected chi connectivity index (χ2v) is 6.92. The quantitative estimate of drug-likeness (QED) is 0.465. The van der Waals surface area contributed by atoms with Crippen molar-refractivity contribution < 1.29 is 4.42 Å². The summed E-state index contributed by atoms with van der Waals surface area (Å²) in [6, 6.07) is 27.7. The van der Waals surface area contributed by atoms with E-state index in [1.54, 1.807) is 0 Å². The molecule has 0 aliphatic heterocycles. The predicted molar refractivity (Wildman–Crippen MR) is 111 cm³/mol. The molecule has 4 nitrogen and oxygen atoms in total. The van der Waals surface area contributed by atoms with Gasteiger partial charge in [-0.15, -0.1) is 10.2 Å². The van der Waals surface area contributed by atoms with E-state index < -0.39 is 0 Å². The van der Waals surface area contributed by atoms with E-state index in [4.69, 9.17) is 16.0 Å². The molecule has 1 N–H and O–H groups in total. The van der Waals surface area contributed by atoms with Gasteiger partial charge in [0, 0.05) is 17.1 Å². The molecule has 3 aromatic carbocycles. The number of hydrogen-bond donors (Lipinski definition) is 1. The molecule has 0 bridgehead atoms. The van der Waals surface area contributed by atoms with Crippen LogP contribution >= 0.6 is 11.6 Å². The molecule has 1 atom stereocenters. The average molecular weight is 390 g/mol. The second-order valence-electron chi connectivity index (χ2n) is 6.49. The summed E-state index contributed by atoms with van der Waals surface area (Å²) in [5.74, 6) is 1.08. The third kappa shape index (κ3) is 4.47. The summed E-state index contributed by atoms with van der Waals surface area (Å²) in [5.41, 5.74) is 3.22. The highest BCUT2D eigenvalue weighted by molar-refractivity contribution is 6.30. The van der Waals surface area contributed by atoms with Crippen LogP contribution < -0.4 is 5.32 Å². The molecule has 0 radical (unpaired) electrons. The van der Waals surface area contributed by atoms with Crippen LogP contribution in [-0.4, -0.2) is 16.7 Å². The van der Waals surface area contributed by atoms with Crippen LogP contribution in [0.25, 0.3) is 11.5 Å². The van der Waals surface area contributed by atoms with Crippen molar-refractivity contribution in [1.29, 1.82) is 0 Å². The lowest BCUT2D eigenvalue weighted by Gasteiger charge is -2.15. The zero-order valence-electron chi connectivity index (χ0n) is 15.3. The first-order valence-electron chi connectivity index (χ1n) is 9.21. The Labute approximate surface area is 169 Å². The minimum Gasteiger partial charge on any atom is -0.419 e. The predicted octanol–water partition coefficient (Wildman–Crippen LogP) is 5.31. The molecule has 0 saturated carbocycles. The maximum Gasteiger partial charge on any atom is 0.247 e. The molecule has 0 amide bonds. The molecule has 0 saturated heterocycles. The molecule has 0 aliphatic carbocycles. The number of nitrogens with one attached hydrogen (secondary N) is 1. The first-order chi connectivity index (χ1) is 13.8. The standard InChI is InChI=1S/C23H20ClN3O/c24-20-13-11-17(12-14-20)15-16-25-21(18-7-3-1-4-8-18)23-27-26-22(28-23)19-9-5-2-6-10-19/h1-14,21,25H,15-16H2. The van der Waals surface area contributed by atoms with Gasteiger partial charge in [0.05, 0.1) is 0 Å². The van der Waals surface area contributed by atoms with E-state index in [2.05, 4.69) is 27.6 Å². The van der Waals surface area contributed by atoms with E-state index in [1.165, 1.54) is 5.56 Å². The van der Waals surface area contributed by atoms with Gasteiger partial charge in [0.1, 0.15) is 6.04 Å². The fourth-order valence-electron chi connectivity index (χ4n) is 3.05. The molecule has 0 spiro atoms. The fourth-order valence-corrected chi connectivity index (χ4v) is 3.18. The van der Waals surface area contributed by atoms with Gasteiger partial charge >= 0.3 is 0 Å². The lowest BCUT2D eigenvalue weighted by molar-refractivity contribution is 0.440. The van der Waals surface area contributed by atoms with Crippen molar-refractivity contribution >= 4 is 11.6 Å². The Bertz CT molecular complexity index is 1000. The van der Waals surface area contributed by atoms with E-state index in [1.807, 2.05) is 72.8 Å². The Balaban J connectivity index is 1.53. The lowest BCUT2D eigenvalue weighted by atomic mass is 10.1. The van der Waals surface area contributed by atoms with Crippen LogP contribution in [0, 0.1) is 0 Å². The maximum absolute atomic E-state index is 6.00. The number of halogens is 1. The molecule has 1 unspecified atom stereocenters. The highest BCUT2D eigenvalue weighted by Crippen LogP contribution is 2.25. The van der Waals surface area contributed by atoms with Gasteiger partial charge in [0.2, 0.25) is 11.8 Å². The summed E-state index contributed by atoms with van der Waals surface area (Å²) in [6.45, 7) is 0.768. The molecule has 4 rings (SSSR count). The Morgan fingerprint density at radius 1 is 0.821 bits per heavy atom. The highest BCUT2D eigenvalue weighted by atomic mass is 35.5. The lowest BCUT2D eigenvalue weighted by Crippen LogP contribution is -2.25. The summed E-state index contributed by atoms with van der Waals surface area (Å²) in [5, 5.41) is 12.8. The van der Waals surface area contributed by atoms with Crippen LogP contribution in [0.3, 0.4) is 0 Å². The number of aromatic nitrogens is 2. The van der Waals surface area contributed by atoms with Gasteiger partial charge in [-0.25, -0.2) is 0 Å². The maximum atomic E-state index is 6.00. The minimum absolute atomic E-state index is 0.168. The minimum atomic E-state index is -0.168. The summed E-state index contributed by atoms with van der Waals surface area (Å²) >= 11 is 5.97. The summed E-state index contributed by atoms with van der Waals surface area (Å²) < 4.78 is 6.00. The Morgan fingerprint density at radius 3 is 2.21 bits per heavy atom. The van der Waals surface area contributed by atoms with Crippen molar-refractivity contribution in [3.8, 4) is 11.5 Å². The van der Waals surface area contributed by atoms with Crippen LogP contribution in [0.2, 0.25) is 5.02 Å².